The largest absolute Gasteiger partial charge is 0.352 e. The Hall–Kier alpha value is -3.07. The van der Waals surface area contributed by atoms with Crippen molar-refractivity contribution in [3.63, 3.8) is 0 Å². The van der Waals surface area contributed by atoms with Gasteiger partial charge in [0.2, 0.25) is 0 Å². The topological polar surface area (TPSA) is 36.4 Å². The van der Waals surface area contributed by atoms with E-state index in [0.717, 1.165) is 24.7 Å². The van der Waals surface area contributed by atoms with E-state index < -0.39 is 0 Å². The summed E-state index contributed by atoms with van der Waals surface area (Å²) in [5.41, 5.74) is 7.65. The summed E-state index contributed by atoms with van der Waals surface area (Å²) in [6.45, 7) is 5.81. The van der Waals surface area contributed by atoms with Crippen molar-refractivity contribution in [2.75, 3.05) is 11.9 Å². The van der Waals surface area contributed by atoms with Crippen LogP contribution in [-0.2, 0) is 6.54 Å². The van der Waals surface area contributed by atoms with Gasteiger partial charge >= 0.3 is 0 Å². The highest BCUT2D eigenvalue weighted by atomic mass is 15.2. The van der Waals surface area contributed by atoms with Gasteiger partial charge in [0, 0.05) is 18.2 Å². The van der Waals surface area contributed by atoms with Gasteiger partial charge in [-0.05, 0) is 47.7 Å². The van der Waals surface area contributed by atoms with Crippen molar-refractivity contribution < 1.29 is 0 Å². The smallest absolute Gasteiger partial charge is 0.196 e. The Morgan fingerprint density at radius 1 is 0.889 bits per heavy atom. The number of fused-ring (bicyclic) bond motifs is 1. The number of aryl methyl sites for hydroxylation is 2. The Bertz CT molecular complexity index is 940. The first-order chi connectivity index (χ1) is 13.2. The molecule has 3 heteroatoms. The molecule has 0 saturated heterocycles. The highest BCUT2D eigenvalue weighted by Crippen LogP contribution is 2.32. The average molecular weight is 355 g/mol. The van der Waals surface area contributed by atoms with Crippen LogP contribution in [0.15, 0.2) is 77.8 Å². The fourth-order valence-electron chi connectivity index (χ4n) is 3.73. The third-order valence-corrected chi connectivity index (χ3v) is 5.30. The normalized spacial score (nSPS) is 15.9. The van der Waals surface area contributed by atoms with E-state index in [1.807, 2.05) is 0 Å². The Morgan fingerprint density at radius 2 is 1.59 bits per heavy atom. The summed E-state index contributed by atoms with van der Waals surface area (Å²) >= 11 is 0. The van der Waals surface area contributed by atoms with Gasteiger partial charge in [0.1, 0.15) is 0 Å². The molecule has 2 N–H and O–H groups in total. The summed E-state index contributed by atoms with van der Waals surface area (Å²) in [5, 5.41) is 7.02. The molecule has 0 fully saturated rings. The van der Waals surface area contributed by atoms with Gasteiger partial charge in [0.25, 0.3) is 0 Å². The van der Waals surface area contributed by atoms with Crippen LogP contribution in [0.2, 0.25) is 0 Å². The van der Waals surface area contributed by atoms with E-state index >= 15 is 0 Å². The summed E-state index contributed by atoms with van der Waals surface area (Å²) in [7, 11) is 0. The van der Waals surface area contributed by atoms with Gasteiger partial charge < -0.3 is 10.6 Å². The van der Waals surface area contributed by atoms with Crippen LogP contribution < -0.4 is 10.6 Å². The molecule has 1 atom stereocenters. The van der Waals surface area contributed by atoms with Crippen LogP contribution in [-0.4, -0.2) is 12.5 Å². The number of aliphatic imine (C=N–C) groups is 1. The SMILES string of the molecule is Cc1cccc(C)c1CNC1=NCC(c2ccccc2)c2ccccc2N1. The molecule has 0 spiro atoms. The second-order valence-corrected chi connectivity index (χ2v) is 7.09. The van der Waals surface area contributed by atoms with Gasteiger partial charge in [-0.15, -0.1) is 0 Å². The maximum Gasteiger partial charge on any atom is 0.196 e. The van der Waals surface area contributed by atoms with E-state index in [1.165, 1.54) is 27.8 Å². The van der Waals surface area contributed by atoms with Crippen LogP contribution in [0.1, 0.15) is 33.7 Å². The van der Waals surface area contributed by atoms with Gasteiger partial charge in [-0.3, -0.25) is 4.99 Å². The fraction of sp³-hybridized carbons (Fsp3) is 0.208. The molecule has 27 heavy (non-hydrogen) atoms. The number of anilines is 1. The first-order valence-electron chi connectivity index (χ1n) is 9.46. The molecular formula is C24H25N3. The number of benzene rings is 3. The highest BCUT2D eigenvalue weighted by Gasteiger charge is 2.21. The predicted molar refractivity (Wildman–Crippen MR) is 113 cm³/mol. The summed E-state index contributed by atoms with van der Waals surface area (Å²) in [6.07, 6.45) is 0. The second-order valence-electron chi connectivity index (χ2n) is 7.09. The minimum atomic E-state index is 0.259. The molecule has 1 aliphatic rings. The van der Waals surface area contributed by atoms with Gasteiger partial charge in [-0.2, -0.15) is 0 Å². The highest BCUT2D eigenvalue weighted by molar-refractivity contribution is 5.95. The molecular weight excluding hydrogens is 330 g/mol. The van der Waals surface area contributed by atoms with E-state index in [-0.39, 0.29) is 5.92 Å². The maximum absolute atomic E-state index is 4.86. The van der Waals surface area contributed by atoms with Crippen LogP contribution in [0.25, 0.3) is 0 Å². The van der Waals surface area contributed by atoms with E-state index in [0.29, 0.717) is 0 Å². The number of nitrogens with one attached hydrogen (secondary N) is 2. The first-order valence-corrected chi connectivity index (χ1v) is 9.46. The molecule has 3 nitrogen and oxygen atoms in total. The third kappa shape index (κ3) is 3.72. The third-order valence-electron chi connectivity index (χ3n) is 5.30. The predicted octanol–water partition coefficient (Wildman–Crippen LogP) is 5.01. The van der Waals surface area contributed by atoms with E-state index in [2.05, 4.69) is 97.3 Å². The minimum absolute atomic E-state index is 0.259. The Balaban J connectivity index is 1.60. The fourth-order valence-corrected chi connectivity index (χ4v) is 3.73. The summed E-state index contributed by atoms with van der Waals surface area (Å²) < 4.78 is 0. The number of hydrogen-bond acceptors (Lipinski definition) is 3. The summed E-state index contributed by atoms with van der Waals surface area (Å²) in [5.74, 6) is 1.10. The molecule has 0 radical (unpaired) electrons. The average Bonchev–Trinajstić information content (AvgIpc) is 2.87. The van der Waals surface area contributed by atoms with Crippen LogP contribution >= 0.6 is 0 Å². The second kappa shape index (κ2) is 7.67. The summed E-state index contributed by atoms with van der Waals surface area (Å²) in [4.78, 5) is 4.86. The number of nitrogens with zero attached hydrogens (tertiary/aromatic N) is 1. The van der Waals surface area contributed by atoms with Crippen LogP contribution in [0.5, 0.6) is 0 Å². The van der Waals surface area contributed by atoms with Gasteiger partial charge in [-0.1, -0.05) is 66.7 Å². The first kappa shape index (κ1) is 17.3. The van der Waals surface area contributed by atoms with Crippen molar-refractivity contribution >= 4 is 11.6 Å². The Morgan fingerprint density at radius 3 is 2.37 bits per heavy atom. The molecule has 4 rings (SSSR count). The molecule has 3 aromatic rings. The standard InChI is InChI=1S/C24H25N3/c1-17-9-8-10-18(2)21(17)15-25-24-26-16-22(19-11-4-3-5-12-19)20-13-6-7-14-23(20)27-24/h3-14,22H,15-16H2,1-2H3,(H2,25,26,27). The van der Waals surface area contributed by atoms with Crippen molar-refractivity contribution in [2.24, 2.45) is 4.99 Å². The minimum Gasteiger partial charge on any atom is -0.352 e. The van der Waals surface area contributed by atoms with Crippen LogP contribution in [0.3, 0.4) is 0 Å². The lowest BCUT2D eigenvalue weighted by Crippen LogP contribution is -2.30. The number of rotatable bonds is 3. The zero-order chi connectivity index (χ0) is 18.6. The quantitative estimate of drug-likeness (QED) is 0.693. The summed E-state index contributed by atoms with van der Waals surface area (Å²) in [6, 6.07) is 25.6. The monoisotopic (exact) mass is 355 g/mol. The van der Waals surface area contributed by atoms with Gasteiger partial charge in [-0.25, -0.2) is 0 Å². The number of para-hydroxylation sites is 1. The number of guanidine groups is 1. The zero-order valence-electron chi connectivity index (χ0n) is 15.9. The number of hydrogen-bond donors (Lipinski definition) is 2. The Kier molecular flexibility index (Phi) is 4.93. The lowest BCUT2D eigenvalue weighted by atomic mass is 9.90. The molecule has 1 heterocycles. The molecule has 0 aromatic heterocycles. The molecule has 0 aliphatic carbocycles. The molecule has 3 aromatic carbocycles. The van der Waals surface area contributed by atoms with Crippen molar-refractivity contribution in [1.29, 1.82) is 0 Å². The molecule has 1 unspecified atom stereocenters. The van der Waals surface area contributed by atoms with Crippen molar-refractivity contribution in [1.82, 2.24) is 5.32 Å². The molecule has 136 valence electrons. The van der Waals surface area contributed by atoms with E-state index in [9.17, 15) is 0 Å². The lowest BCUT2D eigenvalue weighted by molar-refractivity contribution is 0.816. The van der Waals surface area contributed by atoms with E-state index in [1.54, 1.807) is 0 Å². The van der Waals surface area contributed by atoms with Crippen molar-refractivity contribution in [3.8, 4) is 0 Å². The van der Waals surface area contributed by atoms with Crippen LogP contribution in [0.4, 0.5) is 5.69 Å². The van der Waals surface area contributed by atoms with Gasteiger partial charge in [0.15, 0.2) is 5.96 Å². The van der Waals surface area contributed by atoms with Crippen LogP contribution in [0, 0.1) is 13.8 Å². The molecule has 0 amide bonds. The lowest BCUT2D eigenvalue weighted by Gasteiger charge is -2.17. The van der Waals surface area contributed by atoms with Crippen molar-refractivity contribution in [3.05, 3.63) is 101 Å². The maximum atomic E-state index is 4.86. The molecule has 1 aliphatic heterocycles. The molecule has 0 bridgehead atoms. The Labute approximate surface area is 161 Å². The van der Waals surface area contributed by atoms with Gasteiger partial charge in [0.05, 0.1) is 6.54 Å². The van der Waals surface area contributed by atoms with E-state index in [4.69, 9.17) is 4.99 Å². The molecule has 0 saturated carbocycles. The zero-order valence-corrected chi connectivity index (χ0v) is 15.9. The van der Waals surface area contributed by atoms with Crippen molar-refractivity contribution in [2.45, 2.75) is 26.3 Å².